The fraction of sp³-hybridized carbons (Fsp3) is 0.231. The van der Waals surface area contributed by atoms with Crippen molar-refractivity contribution >= 4 is 15.9 Å². The zero-order valence-corrected chi connectivity index (χ0v) is 11.3. The number of nitrogens with zero attached hydrogens (tertiary/aromatic N) is 2. The number of aromatic nitrogens is 2. The molecule has 4 heteroatoms. The van der Waals surface area contributed by atoms with Gasteiger partial charge in [0.2, 0.25) is 0 Å². The number of aryl methyl sites for hydroxylation is 2. The minimum absolute atomic E-state index is 0.0636. The van der Waals surface area contributed by atoms with Gasteiger partial charge in [-0.05, 0) is 43.7 Å². The molecule has 88 valence electrons. The Kier molecular flexibility index (Phi) is 3.54. The molecule has 1 aromatic carbocycles. The molecule has 0 aliphatic rings. The zero-order valence-electron chi connectivity index (χ0n) is 9.74. The Morgan fingerprint density at radius 1 is 1.18 bits per heavy atom. The van der Waals surface area contributed by atoms with Gasteiger partial charge in [-0.1, -0.05) is 15.9 Å². The van der Waals surface area contributed by atoms with Crippen LogP contribution in [0.2, 0.25) is 0 Å². The van der Waals surface area contributed by atoms with Crippen LogP contribution in [0.3, 0.4) is 0 Å². The molecule has 0 spiro atoms. The number of rotatable bonds is 2. The van der Waals surface area contributed by atoms with Gasteiger partial charge in [0.15, 0.2) is 5.82 Å². The molecule has 1 aromatic heterocycles. The Morgan fingerprint density at radius 2 is 1.94 bits per heavy atom. The average Bonchev–Trinajstić information content (AvgIpc) is 2.28. The number of halogens is 1. The summed E-state index contributed by atoms with van der Waals surface area (Å²) in [4.78, 5) is 8.74. The fourth-order valence-corrected chi connectivity index (χ4v) is 2.19. The monoisotopic (exact) mass is 292 g/mol. The van der Waals surface area contributed by atoms with Gasteiger partial charge in [0.1, 0.15) is 0 Å². The molecule has 3 nitrogen and oxygen atoms in total. The van der Waals surface area contributed by atoms with Crippen molar-refractivity contribution < 1.29 is 5.11 Å². The molecule has 0 atom stereocenters. The van der Waals surface area contributed by atoms with E-state index in [9.17, 15) is 0 Å². The summed E-state index contributed by atoms with van der Waals surface area (Å²) in [5.74, 6) is 0.666. The molecule has 17 heavy (non-hydrogen) atoms. The predicted octanol–water partition coefficient (Wildman–Crippen LogP) is 3.02. The smallest absolute Gasteiger partial charge is 0.159 e. The van der Waals surface area contributed by atoms with E-state index < -0.39 is 0 Å². The lowest BCUT2D eigenvalue weighted by molar-refractivity contribution is 0.276. The maximum atomic E-state index is 9.15. The first-order valence-corrected chi connectivity index (χ1v) is 6.11. The maximum Gasteiger partial charge on any atom is 0.159 e. The molecule has 1 N–H and O–H groups in total. The second-order valence-corrected chi connectivity index (χ2v) is 4.86. The van der Waals surface area contributed by atoms with Crippen LogP contribution >= 0.6 is 15.9 Å². The topological polar surface area (TPSA) is 46.0 Å². The van der Waals surface area contributed by atoms with Crippen LogP contribution in [-0.4, -0.2) is 15.1 Å². The van der Waals surface area contributed by atoms with E-state index in [1.165, 1.54) is 0 Å². The lowest BCUT2D eigenvalue weighted by Gasteiger charge is -2.07. The molecule has 0 radical (unpaired) electrons. The largest absolute Gasteiger partial charge is 0.390 e. The molecule has 0 amide bonds. The highest BCUT2D eigenvalue weighted by Gasteiger charge is 2.07. The highest BCUT2D eigenvalue weighted by Crippen LogP contribution is 2.23. The van der Waals surface area contributed by atoms with Crippen molar-refractivity contribution in [1.29, 1.82) is 0 Å². The van der Waals surface area contributed by atoms with Crippen molar-refractivity contribution in [2.45, 2.75) is 20.5 Å². The summed E-state index contributed by atoms with van der Waals surface area (Å²) < 4.78 is 1.04. The number of aliphatic hydroxyl groups excluding tert-OH is 1. The van der Waals surface area contributed by atoms with Crippen molar-refractivity contribution in [3.63, 3.8) is 0 Å². The van der Waals surface area contributed by atoms with Crippen LogP contribution in [0.5, 0.6) is 0 Å². The minimum Gasteiger partial charge on any atom is -0.390 e. The Labute approximate surface area is 109 Å². The molecule has 0 fully saturated rings. The van der Waals surface area contributed by atoms with Gasteiger partial charge in [0.05, 0.1) is 12.3 Å². The minimum atomic E-state index is -0.0636. The van der Waals surface area contributed by atoms with Gasteiger partial charge >= 0.3 is 0 Å². The summed E-state index contributed by atoms with van der Waals surface area (Å²) in [7, 11) is 0. The molecular formula is C13H13BrN2O. The lowest BCUT2D eigenvalue weighted by Crippen LogP contribution is -1.99. The fourth-order valence-electron chi connectivity index (χ4n) is 1.71. The molecule has 2 aromatic rings. The van der Waals surface area contributed by atoms with E-state index in [0.29, 0.717) is 11.5 Å². The van der Waals surface area contributed by atoms with E-state index in [2.05, 4.69) is 25.9 Å². The van der Waals surface area contributed by atoms with E-state index in [1.807, 2.05) is 32.0 Å². The van der Waals surface area contributed by atoms with Crippen LogP contribution in [0.15, 0.2) is 28.7 Å². The maximum absolute atomic E-state index is 9.15. The van der Waals surface area contributed by atoms with Crippen molar-refractivity contribution in [2.24, 2.45) is 0 Å². The quantitative estimate of drug-likeness (QED) is 0.925. The van der Waals surface area contributed by atoms with Gasteiger partial charge in [-0.15, -0.1) is 0 Å². The molecule has 0 aliphatic heterocycles. The first-order chi connectivity index (χ1) is 8.10. The molecular weight excluding hydrogens is 280 g/mol. The van der Waals surface area contributed by atoms with Gasteiger partial charge in [-0.25, -0.2) is 9.97 Å². The van der Waals surface area contributed by atoms with E-state index >= 15 is 0 Å². The summed E-state index contributed by atoms with van der Waals surface area (Å²) in [5, 5.41) is 9.15. The van der Waals surface area contributed by atoms with Crippen LogP contribution in [0.1, 0.15) is 17.0 Å². The molecule has 2 rings (SSSR count). The first-order valence-electron chi connectivity index (χ1n) is 5.32. The molecule has 0 saturated heterocycles. The van der Waals surface area contributed by atoms with Gasteiger partial charge in [0, 0.05) is 15.7 Å². The molecule has 0 bridgehead atoms. The molecule has 0 unspecified atom stereocenters. The standard InChI is InChI=1S/C13H13BrN2O/c1-8-5-10(14)3-4-12(8)13-15-9(2)6-11(7-17)16-13/h3-6,17H,7H2,1-2H3. The summed E-state index contributed by atoms with van der Waals surface area (Å²) in [6.07, 6.45) is 0. The van der Waals surface area contributed by atoms with E-state index in [-0.39, 0.29) is 6.61 Å². The number of benzene rings is 1. The van der Waals surface area contributed by atoms with E-state index in [1.54, 1.807) is 6.07 Å². The van der Waals surface area contributed by atoms with E-state index in [4.69, 9.17) is 5.11 Å². The van der Waals surface area contributed by atoms with E-state index in [0.717, 1.165) is 21.3 Å². The summed E-state index contributed by atoms with van der Waals surface area (Å²) >= 11 is 3.43. The third-order valence-corrected chi connectivity index (χ3v) is 2.99. The highest BCUT2D eigenvalue weighted by molar-refractivity contribution is 9.10. The number of hydrogen-bond acceptors (Lipinski definition) is 3. The SMILES string of the molecule is Cc1cc(CO)nc(-c2ccc(Br)cc2C)n1. The van der Waals surface area contributed by atoms with Crippen LogP contribution in [0.4, 0.5) is 0 Å². The summed E-state index contributed by atoms with van der Waals surface area (Å²) in [6.45, 7) is 3.86. The Hall–Kier alpha value is -1.26. The van der Waals surface area contributed by atoms with Crippen LogP contribution in [-0.2, 0) is 6.61 Å². The van der Waals surface area contributed by atoms with Crippen molar-refractivity contribution in [3.05, 3.63) is 45.7 Å². The van der Waals surface area contributed by atoms with Crippen molar-refractivity contribution in [1.82, 2.24) is 9.97 Å². The van der Waals surface area contributed by atoms with Crippen molar-refractivity contribution in [2.75, 3.05) is 0 Å². The highest BCUT2D eigenvalue weighted by atomic mass is 79.9. The Morgan fingerprint density at radius 3 is 2.59 bits per heavy atom. The zero-order chi connectivity index (χ0) is 12.4. The summed E-state index contributed by atoms with van der Waals surface area (Å²) in [6, 6.07) is 7.76. The van der Waals surface area contributed by atoms with Gasteiger partial charge in [-0.2, -0.15) is 0 Å². The molecule has 0 saturated carbocycles. The second kappa shape index (κ2) is 4.94. The predicted molar refractivity (Wildman–Crippen MR) is 70.6 cm³/mol. The van der Waals surface area contributed by atoms with Gasteiger partial charge < -0.3 is 5.11 Å². The lowest BCUT2D eigenvalue weighted by atomic mass is 10.1. The average molecular weight is 293 g/mol. The normalized spacial score (nSPS) is 10.6. The summed E-state index contributed by atoms with van der Waals surface area (Å²) in [5.41, 5.74) is 3.61. The third kappa shape index (κ3) is 2.70. The third-order valence-electron chi connectivity index (χ3n) is 2.50. The second-order valence-electron chi connectivity index (χ2n) is 3.94. The Bertz CT molecular complexity index is 555. The number of hydrogen-bond donors (Lipinski definition) is 1. The number of aliphatic hydroxyl groups is 1. The Balaban J connectivity index is 2.55. The molecule has 1 heterocycles. The van der Waals surface area contributed by atoms with Crippen molar-refractivity contribution in [3.8, 4) is 11.4 Å². The van der Waals surface area contributed by atoms with Gasteiger partial charge in [-0.3, -0.25) is 0 Å². The van der Waals surface area contributed by atoms with Crippen LogP contribution in [0.25, 0.3) is 11.4 Å². The first kappa shape index (κ1) is 12.2. The van der Waals surface area contributed by atoms with Crippen LogP contribution < -0.4 is 0 Å². The molecule has 0 aliphatic carbocycles. The van der Waals surface area contributed by atoms with Gasteiger partial charge in [0.25, 0.3) is 0 Å². The van der Waals surface area contributed by atoms with Crippen LogP contribution in [0, 0.1) is 13.8 Å².